The number of hydrogen-bond donors (Lipinski definition) is 2. The Bertz CT molecular complexity index is 1140. The first kappa shape index (κ1) is 23.9. The van der Waals surface area contributed by atoms with E-state index >= 15 is 0 Å². The predicted octanol–water partition coefficient (Wildman–Crippen LogP) is 2.93. The van der Waals surface area contributed by atoms with E-state index in [0.29, 0.717) is 13.1 Å². The topological polar surface area (TPSA) is 87.5 Å². The van der Waals surface area contributed by atoms with E-state index in [2.05, 4.69) is 34.3 Å². The molecule has 2 aromatic rings. The minimum Gasteiger partial charge on any atom is -0.396 e. The van der Waals surface area contributed by atoms with E-state index in [1.165, 1.54) is 6.42 Å². The van der Waals surface area contributed by atoms with E-state index in [0.717, 1.165) is 61.0 Å². The van der Waals surface area contributed by atoms with Crippen molar-refractivity contribution >= 4 is 11.5 Å². The highest BCUT2D eigenvalue weighted by molar-refractivity contribution is 5.80. The van der Waals surface area contributed by atoms with Gasteiger partial charge in [-0.3, -0.25) is 19.5 Å². The molecule has 186 valence electrons. The largest absolute Gasteiger partial charge is 0.396 e. The fraction of sp³-hybridized carbons (Fsp3) is 0.536. The number of rotatable bonds is 8. The maximum absolute atomic E-state index is 13.6. The van der Waals surface area contributed by atoms with E-state index in [4.69, 9.17) is 0 Å². The molecule has 2 aliphatic heterocycles. The second kappa shape index (κ2) is 10.5. The molecule has 3 aliphatic rings. The van der Waals surface area contributed by atoms with Crippen molar-refractivity contribution in [1.29, 1.82) is 0 Å². The molecule has 0 unspecified atom stereocenters. The Hall–Kier alpha value is -2.77. The van der Waals surface area contributed by atoms with Crippen molar-refractivity contribution in [2.24, 2.45) is 11.8 Å². The molecule has 2 aromatic heterocycles. The number of carbonyl (C=O) groups is 1. The Kier molecular flexibility index (Phi) is 7.16. The summed E-state index contributed by atoms with van der Waals surface area (Å²) in [6.07, 6.45) is 11.7. The summed E-state index contributed by atoms with van der Waals surface area (Å²) in [5, 5.41) is 13.5. The van der Waals surface area contributed by atoms with Gasteiger partial charge in [0.05, 0.1) is 12.0 Å². The van der Waals surface area contributed by atoms with Gasteiger partial charge in [-0.25, -0.2) is 0 Å². The Morgan fingerprint density at radius 2 is 2.03 bits per heavy atom. The molecule has 2 N–H and O–H groups in total. The normalized spacial score (nSPS) is 25.7. The van der Waals surface area contributed by atoms with Crippen molar-refractivity contribution in [3.8, 4) is 0 Å². The average molecular weight is 477 g/mol. The lowest BCUT2D eigenvalue weighted by atomic mass is 9.86. The standard InChI is InChI=1S/C28H36N4O3/c1-2-16-31-24-17-32-23(9-8-21(28(32)35)20-6-4-3-5-7-20)26(31)25(22(24)18-33)27(34)30-15-12-19-10-13-29-14-11-19/h6,8-11,13-14,22,24-26,33H,2-5,7,12,15-18H2,1H3,(H,30,34)/t22-,24-,25+,26+/m1/s1. The zero-order valence-corrected chi connectivity index (χ0v) is 20.5. The zero-order valence-electron chi connectivity index (χ0n) is 20.5. The lowest BCUT2D eigenvalue weighted by Gasteiger charge is -2.38. The van der Waals surface area contributed by atoms with E-state index < -0.39 is 0 Å². The highest BCUT2D eigenvalue weighted by Gasteiger charge is 2.55. The third-order valence-corrected chi connectivity index (χ3v) is 8.05. The van der Waals surface area contributed by atoms with Crippen molar-refractivity contribution in [2.75, 3.05) is 19.7 Å². The summed E-state index contributed by atoms with van der Waals surface area (Å²) in [6.45, 7) is 3.97. The molecule has 7 nitrogen and oxygen atoms in total. The summed E-state index contributed by atoms with van der Waals surface area (Å²) in [6, 6.07) is 7.72. The van der Waals surface area contributed by atoms with E-state index in [-0.39, 0.29) is 42.0 Å². The molecule has 35 heavy (non-hydrogen) atoms. The number of nitrogens with zero attached hydrogens (tertiary/aromatic N) is 3. The van der Waals surface area contributed by atoms with Gasteiger partial charge in [-0.15, -0.1) is 0 Å². The minimum atomic E-state index is -0.387. The number of aliphatic hydroxyl groups excluding tert-OH is 1. The van der Waals surface area contributed by atoms with Crippen LogP contribution in [-0.4, -0.2) is 51.2 Å². The van der Waals surface area contributed by atoms with Crippen molar-refractivity contribution in [1.82, 2.24) is 19.8 Å². The van der Waals surface area contributed by atoms with Gasteiger partial charge in [0.2, 0.25) is 5.91 Å². The van der Waals surface area contributed by atoms with Gasteiger partial charge >= 0.3 is 0 Å². The van der Waals surface area contributed by atoms with Crippen molar-refractivity contribution in [2.45, 2.75) is 64.1 Å². The number of hydrogen-bond acceptors (Lipinski definition) is 5. The first-order chi connectivity index (χ1) is 17.1. The Balaban J connectivity index is 1.45. The van der Waals surface area contributed by atoms with Gasteiger partial charge in [0.25, 0.3) is 5.56 Å². The van der Waals surface area contributed by atoms with Crippen LogP contribution in [-0.2, 0) is 17.8 Å². The van der Waals surface area contributed by atoms with Crippen molar-refractivity contribution in [3.63, 3.8) is 0 Å². The van der Waals surface area contributed by atoms with Crippen molar-refractivity contribution in [3.05, 3.63) is 69.9 Å². The molecule has 4 atom stereocenters. The van der Waals surface area contributed by atoms with Gasteiger partial charge in [-0.2, -0.15) is 0 Å². The van der Waals surface area contributed by atoms with Crippen LogP contribution >= 0.6 is 0 Å². The van der Waals surface area contributed by atoms with E-state index in [9.17, 15) is 14.7 Å². The molecular weight excluding hydrogens is 440 g/mol. The number of allylic oxidation sites excluding steroid dienone is 2. The predicted molar refractivity (Wildman–Crippen MR) is 136 cm³/mol. The van der Waals surface area contributed by atoms with Gasteiger partial charge in [0.15, 0.2) is 0 Å². The summed E-state index contributed by atoms with van der Waals surface area (Å²) < 4.78 is 1.90. The lowest BCUT2D eigenvalue weighted by molar-refractivity contribution is -0.127. The van der Waals surface area contributed by atoms with E-state index in [1.54, 1.807) is 12.4 Å². The molecule has 1 amide bonds. The number of aromatic nitrogens is 2. The summed E-state index contributed by atoms with van der Waals surface area (Å²) in [5.74, 6) is -0.627. The Labute approximate surface area is 206 Å². The number of pyridine rings is 2. The molecule has 0 aromatic carbocycles. The fourth-order valence-corrected chi connectivity index (χ4v) is 6.41. The second-order valence-corrected chi connectivity index (χ2v) is 10.1. The van der Waals surface area contributed by atoms with Gasteiger partial charge in [-0.05, 0) is 80.5 Å². The van der Waals surface area contributed by atoms with Crippen LogP contribution < -0.4 is 10.9 Å². The fourth-order valence-electron chi connectivity index (χ4n) is 6.41. The van der Waals surface area contributed by atoms with Crippen LogP contribution in [0.15, 0.2) is 47.5 Å². The number of aliphatic hydroxyl groups is 1. The van der Waals surface area contributed by atoms with Crippen molar-refractivity contribution < 1.29 is 9.90 Å². The third kappa shape index (κ3) is 4.47. The van der Waals surface area contributed by atoms with Crippen LogP contribution in [0.3, 0.4) is 0 Å². The Morgan fingerprint density at radius 1 is 1.20 bits per heavy atom. The molecule has 0 radical (unpaired) electrons. The number of nitrogens with one attached hydrogen (secondary N) is 1. The van der Waals surface area contributed by atoms with Crippen LogP contribution in [0.25, 0.3) is 5.57 Å². The summed E-state index contributed by atoms with van der Waals surface area (Å²) in [7, 11) is 0. The zero-order chi connectivity index (χ0) is 24.4. The summed E-state index contributed by atoms with van der Waals surface area (Å²) in [4.78, 5) is 33.6. The Morgan fingerprint density at radius 3 is 2.74 bits per heavy atom. The molecule has 5 rings (SSSR count). The summed E-state index contributed by atoms with van der Waals surface area (Å²) in [5.41, 5.74) is 4.04. The first-order valence-electron chi connectivity index (χ1n) is 13.1. The molecule has 7 heteroatoms. The van der Waals surface area contributed by atoms with Gasteiger partial charge < -0.3 is 15.0 Å². The molecule has 1 aliphatic carbocycles. The van der Waals surface area contributed by atoms with Crippen LogP contribution in [0.2, 0.25) is 0 Å². The molecule has 1 fully saturated rings. The number of fused-ring (bicyclic) bond motifs is 4. The highest BCUT2D eigenvalue weighted by atomic mass is 16.3. The van der Waals surface area contributed by atoms with Crippen LogP contribution in [0.5, 0.6) is 0 Å². The second-order valence-electron chi connectivity index (χ2n) is 10.1. The first-order valence-corrected chi connectivity index (χ1v) is 13.1. The quantitative estimate of drug-likeness (QED) is 0.612. The average Bonchev–Trinajstić information content (AvgIpc) is 3.10. The smallest absolute Gasteiger partial charge is 0.258 e. The van der Waals surface area contributed by atoms with E-state index in [1.807, 2.05) is 22.8 Å². The summed E-state index contributed by atoms with van der Waals surface area (Å²) >= 11 is 0. The molecule has 4 heterocycles. The minimum absolute atomic E-state index is 0.0262. The molecule has 2 bridgehead atoms. The maximum Gasteiger partial charge on any atom is 0.258 e. The molecule has 0 saturated carbocycles. The van der Waals surface area contributed by atoms with Gasteiger partial charge in [0, 0.05) is 55.3 Å². The molecule has 0 spiro atoms. The van der Waals surface area contributed by atoms with Gasteiger partial charge in [0.1, 0.15) is 0 Å². The molecular formula is C28H36N4O3. The number of amides is 1. The van der Waals surface area contributed by atoms with Crippen LogP contribution in [0.1, 0.15) is 61.9 Å². The van der Waals surface area contributed by atoms with Crippen LogP contribution in [0, 0.1) is 11.8 Å². The maximum atomic E-state index is 13.6. The third-order valence-electron chi connectivity index (χ3n) is 8.05. The van der Waals surface area contributed by atoms with Gasteiger partial charge in [-0.1, -0.05) is 13.0 Å². The monoisotopic (exact) mass is 476 g/mol. The SMILES string of the molecule is CCCN1[C@@H]2Cn3c(ccc(C4=CCCCC4)c3=O)[C@H]1[C@@H](C(=O)NCCc1ccncc1)[C@@H]2CO. The lowest BCUT2D eigenvalue weighted by Crippen LogP contribution is -2.47. The van der Waals surface area contributed by atoms with Crippen LogP contribution in [0.4, 0.5) is 0 Å². The highest BCUT2D eigenvalue weighted by Crippen LogP contribution is 2.48. The molecule has 1 saturated heterocycles. The number of carbonyl (C=O) groups excluding carboxylic acids is 1.